The highest BCUT2D eigenvalue weighted by atomic mass is 32.2. The molecule has 1 amide bonds. The minimum Gasteiger partial charge on any atom is -0.349 e. The predicted octanol–water partition coefficient (Wildman–Crippen LogP) is 1.26. The van der Waals surface area contributed by atoms with E-state index < -0.39 is 15.4 Å². The Morgan fingerprint density at radius 3 is 2.79 bits per heavy atom. The summed E-state index contributed by atoms with van der Waals surface area (Å²) in [7, 11) is -3.05. The number of nitrogens with zero attached hydrogens (tertiary/aromatic N) is 2. The molecule has 0 bridgehead atoms. The Morgan fingerprint density at radius 1 is 1.38 bits per heavy atom. The molecular weight excluding hydrogens is 348 g/mol. The molecule has 0 aliphatic carbocycles. The first-order chi connectivity index (χ1) is 11.4. The molecule has 1 aliphatic rings. The number of amides is 1. The van der Waals surface area contributed by atoms with Crippen LogP contribution in [-0.4, -0.2) is 52.3 Å². The van der Waals surface area contributed by atoms with E-state index in [9.17, 15) is 13.2 Å². The summed E-state index contributed by atoms with van der Waals surface area (Å²) in [4.78, 5) is 16.4. The lowest BCUT2D eigenvalue weighted by atomic mass is 10.0. The van der Waals surface area contributed by atoms with Crippen molar-refractivity contribution in [1.82, 2.24) is 20.5 Å². The highest BCUT2D eigenvalue weighted by Gasteiger charge is 2.39. The standard InChI is InChI=1S/C15H18N4O3S2/c1-15(7-8-24(21,22)10-15)17-12(20)9-23-14-16-13(18-19-14)11-5-3-2-4-6-11/h2-6H,7-10H2,1H3,(H,17,20)(H,16,18,19)/t15-/m0/s1. The van der Waals surface area contributed by atoms with Gasteiger partial charge in [-0.3, -0.25) is 9.89 Å². The number of carbonyl (C=O) groups excluding carboxylic acids is 1. The molecule has 1 aromatic heterocycles. The van der Waals surface area contributed by atoms with Gasteiger partial charge in [0.1, 0.15) is 0 Å². The second kappa shape index (κ2) is 6.56. The number of carbonyl (C=O) groups is 1. The number of hydrogen-bond acceptors (Lipinski definition) is 6. The van der Waals surface area contributed by atoms with Gasteiger partial charge < -0.3 is 5.32 Å². The zero-order valence-corrected chi connectivity index (χ0v) is 14.8. The first-order valence-corrected chi connectivity index (χ1v) is 10.3. The van der Waals surface area contributed by atoms with Crippen LogP contribution in [0.4, 0.5) is 0 Å². The maximum Gasteiger partial charge on any atom is 0.230 e. The maximum atomic E-state index is 12.1. The largest absolute Gasteiger partial charge is 0.349 e. The van der Waals surface area contributed by atoms with Crippen LogP contribution in [0.5, 0.6) is 0 Å². The fraction of sp³-hybridized carbons (Fsp3) is 0.400. The van der Waals surface area contributed by atoms with Gasteiger partial charge in [0, 0.05) is 5.56 Å². The maximum absolute atomic E-state index is 12.1. The topological polar surface area (TPSA) is 105 Å². The summed E-state index contributed by atoms with van der Waals surface area (Å²) in [5.74, 6) is 0.688. The Hall–Kier alpha value is -1.87. The first-order valence-electron chi connectivity index (χ1n) is 7.47. The lowest BCUT2D eigenvalue weighted by Gasteiger charge is -2.23. The van der Waals surface area contributed by atoms with Crippen molar-refractivity contribution in [3.05, 3.63) is 30.3 Å². The fourth-order valence-corrected chi connectivity index (χ4v) is 5.34. The van der Waals surface area contributed by atoms with Crippen molar-refractivity contribution in [1.29, 1.82) is 0 Å². The zero-order valence-electron chi connectivity index (χ0n) is 13.2. The molecule has 1 fully saturated rings. The number of thioether (sulfide) groups is 1. The van der Waals surface area contributed by atoms with Crippen LogP contribution in [0.15, 0.2) is 35.5 Å². The van der Waals surface area contributed by atoms with Crippen LogP contribution in [0.3, 0.4) is 0 Å². The van der Waals surface area contributed by atoms with Crippen molar-refractivity contribution in [3.63, 3.8) is 0 Å². The fourth-order valence-electron chi connectivity index (χ4n) is 2.65. The third-order valence-electron chi connectivity index (χ3n) is 3.79. The van der Waals surface area contributed by atoms with Crippen molar-refractivity contribution in [2.45, 2.75) is 24.0 Å². The molecule has 0 radical (unpaired) electrons. The number of aromatic nitrogens is 3. The predicted molar refractivity (Wildman–Crippen MR) is 92.4 cm³/mol. The zero-order chi connectivity index (χ0) is 17.2. The van der Waals surface area contributed by atoms with Crippen molar-refractivity contribution in [2.24, 2.45) is 0 Å². The van der Waals surface area contributed by atoms with Crippen molar-refractivity contribution in [3.8, 4) is 11.4 Å². The molecule has 1 saturated heterocycles. The number of benzene rings is 1. The van der Waals surface area contributed by atoms with Gasteiger partial charge in [0.25, 0.3) is 0 Å². The third kappa shape index (κ3) is 4.15. The monoisotopic (exact) mass is 366 g/mol. The van der Waals surface area contributed by atoms with E-state index in [4.69, 9.17) is 0 Å². The molecule has 2 N–H and O–H groups in total. The number of hydrogen-bond donors (Lipinski definition) is 2. The molecule has 1 aromatic carbocycles. The number of aromatic amines is 1. The van der Waals surface area contributed by atoms with E-state index >= 15 is 0 Å². The number of rotatable bonds is 5. The number of nitrogens with one attached hydrogen (secondary N) is 2. The molecule has 1 atom stereocenters. The van der Waals surface area contributed by atoms with Crippen LogP contribution < -0.4 is 5.32 Å². The average Bonchev–Trinajstić information content (AvgIpc) is 3.10. The highest BCUT2D eigenvalue weighted by Crippen LogP contribution is 2.23. The Kier molecular flexibility index (Phi) is 4.64. The summed E-state index contributed by atoms with van der Waals surface area (Å²) in [6.45, 7) is 1.76. The van der Waals surface area contributed by atoms with Gasteiger partial charge in [-0.15, -0.1) is 5.10 Å². The van der Waals surface area contributed by atoms with E-state index in [1.54, 1.807) is 6.92 Å². The Labute approximate surface area is 144 Å². The highest BCUT2D eigenvalue weighted by molar-refractivity contribution is 7.99. The molecule has 1 aliphatic heterocycles. The molecule has 24 heavy (non-hydrogen) atoms. The first kappa shape index (κ1) is 17.0. The molecule has 3 rings (SSSR count). The number of sulfone groups is 1. The van der Waals surface area contributed by atoms with Gasteiger partial charge in [-0.2, -0.15) is 0 Å². The summed E-state index contributed by atoms with van der Waals surface area (Å²) in [6, 6.07) is 9.58. The molecule has 0 spiro atoms. The average molecular weight is 366 g/mol. The van der Waals surface area contributed by atoms with Crippen molar-refractivity contribution in [2.75, 3.05) is 17.3 Å². The summed E-state index contributed by atoms with van der Waals surface area (Å²) in [6.07, 6.45) is 0.449. The smallest absolute Gasteiger partial charge is 0.230 e. The van der Waals surface area contributed by atoms with Gasteiger partial charge in [0.2, 0.25) is 11.1 Å². The van der Waals surface area contributed by atoms with Gasteiger partial charge in [-0.25, -0.2) is 13.4 Å². The second-order valence-corrected chi connectivity index (χ2v) is 9.20. The minimum atomic E-state index is -3.05. The van der Waals surface area contributed by atoms with Crippen molar-refractivity contribution >= 4 is 27.5 Å². The third-order valence-corrected chi connectivity index (χ3v) is 6.54. The summed E-state index contributed by atoms with van der Waals surface area (Å²) in [5, 5.41) is 10.2. The van der Waals surface area contributed by atoms with Crippen LogP contribution in [0.25, 0.3) is 11.4 Å². The van der Waals surface area contributed by atoms with E-state index in [-0.39, 0.29) is 23.2 Å². The lowest BCUT2D eigenvalue weighted by molar-refractivity contribution is -0.120. The Morgan fingerprint density at radius 2 is 2.12 bits per heavy atom. The van der Waals surface area contributed by atoms with E-state index in [0.29, 0.717) is 17.4 Å². The lowest BCUT2D eigenvalue weighted by Crippen LogP contribution is -2.47. The van der Waals surface area contributed by atoms with Crippen LogP contribution in [0.2, 0.25) is 0 Å². The molecule has 0 saturated carbocycles. The summed E-state index contributed by atoms with van der Waals surface area (Å²) in [5.41, 5.74) is 0.245. The van der Waals surface area contributed by atoms with Crippen LogP contribution in [-0.2, 0) is 14.6 Å². The van der Waals surface area contributed by atoms with Gasteiger partial charge in [0.15, 0.2) is 15.7 Å². The quantitative estimate of drug-likeness (QED) is 0.772. The molecule has 7 nitrogen and oxygen atoms in total. The van der Waals surface area contributed by atoms with Gasteiger partial charge in [-0.05, 0) is 13.3 Å². The van der Waals surface area contributed by atoms with E-state index in [1.165, 1.54) is 11.8 Å². The Balaban J connectivity index is 1.55. The minimum absolute atomic E-state index is 0.00475. The van der Waals surface area contributed by atoms with E-state index in [2.05, 4.69) is 20.5 Å². The molecule has 0 unspecified atom stereocenters. The van der Waals surface area contributed by atoms with Crippen LogP contribution in [0, 0.1) is 0 Å². The SMILES string of the molecule is C[C@]1(NC(=O)CSc2n[nH]c(-c3ccccc3)n2)CCS(=O)(=O)C1. The van der Waals surface area contributed by atoms with Gasteiger partial charge >= 0.3 is 0 Å². The summed E-state index contributed by atoms with van der Waals surface area (Å²) < 4.78 is 23.1. The van der Waals surface area contributed by atoms with Gasteiger partial charge in [-0.1, -0.05) is 42.1 Å². The molecule has 128 valence electrons. The van der Waals surface area contributed by atoms with Crippen LogP contribution >= 0.6 is 11.8 Å². The van der Waals surface area contributed by atoms with Gasteiger partial charge in [0.05, 0.1) is 22.8 Å². The van der Waals surface area contributed by atoms with Crippen LogP contribution in [0.1, 0.15) is 13.3 Å². The van der Waals surface area contributed by atoms with E-state index in [1.807, 2.05) is 30.3 Å². The van der Waals surface area contributed by atoms with E-state index in [0.717, 1.165) is 5.56 Å². The molecular formula is C15H18N4O3S2. The van der Waals surface area contributed by atoms with Crippen molar-refractivity contribution < 1.29 is 13.2 Å². The molecule has 9 heteroatoms. The normalized spacial score (nSPS) is 22.4. The number of H-pyrrole nitrogens is 1. The second-order valence-electron chi connectivity index (χ2n) is 6.07. The Bertz CT molecular complexity index is 835. The summed E-state index contributed by atoms with van der Waals surface area (Å²) >= 11 is 1.21. The molecule has 2 heterocycles. The molecule has 2 aromatic rings.